The van der Waals surface area contributed by atoms with E-state index in [-0.39, 0.29) is 11.4 Å². The number of methoxy groups -OCH3 is 1. The number of esters is 1. The molecule has 0 fully saturated rings. The van der Waals surface area contributed by atoms with Crippen LogP contribution in [0.5, 0.6) is 0 Å². The molecule has 0 saturated carbocycles. The normalized spacial score (nSPS) is 12.0. The number of nitrogen functional groups attached to an aromatic ring is 1. The number of aryl methyl sites for hydroxylation is 2. The van der Waals surface area contributed by atoms with Crippen LogP contribution in [0.1, 0.15) is 40.1 Å². The molecule has 0 spiro atoms. The van der Waals surface area contributed by atoms with Gasteiger partial charge in [-0.3, -0.25) is 9.36 Å². The molecule has 122 valence electrons. The van der Waals surface area contributed by atoms with Gasteiger partial charge in [-0.15, -0.1) is 0 Å². The summed E-state index contributed by atoms with van der Waals surface area (Å²) in [7, 11) is 1.17. The first kappa shape index (κ1) is 16.7. The zero-order valence-corrected chi connectivity index (χ0v) is 13.5. The number of hydrogen-bond acceptors (Lipinski definition) is 6. The van der Waals surface area contributed by atoms with Crippen molar-refractivity contribution >= 4 is 11.8 Å². The Morgan fingerprint density at radius 3 is 2.39 bits per heavy atom. The van der Waals surface area contributed by atoms with E-state index < -0.39 is 17.6 Å². The summed E-state index contributed by atoms with van der Waals surface area (Å²) in [6.45, 7) is 5.30. The van der Waals surface area contributed by atoms with Gasteiger partial charge in [-0.2, -0.15) is 0 Å². The highest BCUT2D eigenvalue weighted by Crippen LogP contribution is 2.23. The highest BCUT2D eigenvalue weighted by atomic mass is 16.5. The Morgan fingerprint density at radius 2 is 1.91 bits per heavy atom. The lowest BCUT2D eigenvalue weighted by Gasteiger charge is -2.16. The van der Waals surface area contributed by atoms with Gasteiger partial charge in [0.2, 0.25) is 0 Å². The van der Waals surface area contributed by atoms with Gasteiger partial charge in [0.05, 0.1) is 18.9 Å². The summed E-state index contributed by atoms with van der Waals surface area (Å²) in [6.07, 6.45) is 0.662. The summed E-state index contributed by atoms with van der Waals surface area (Å²) in [5.41, 5.74) is 7.61. The maximum atomic E-state index is 12.6. The van der Waals surface area contributed by atoms with E-state index in [1.54, 1.807) is 19.1 Å². The molecule has 0 aliphatic carbocycles. The Hall–Kier alpha value is -2.67. The van der Waals surface area contributed by atoms with Gasteiger partial charge in [-0.05, 0) is 37.5 Å². The molecular weight excluding hydrogens is 298 g/mol. The van der Waals surface area contributed by atoms with Gasteiger partial charge in [-0.1, -0.05) is 12.1 Å². The summed E-state index contributed by atoms with van der Waals surface area (Å²) >= 11 is 0. The first-order chi connectivity index (χ1) is 10.8. The van der Waals surface area contributed by atoms with E-state index in [0.29, 0.717) is 5.69 Å². The minimum Gasteiger partial charge on any atom is -0.465 e. The number of nitrogens with zero attached hydrogens (tertiary/aromatic N) is 2. The fraction of sp³-hybridized carbons (Fsp3) is 0.312. The largest absolute Gasteiger partial charge is 0.465 e. The molecular formula is C16H19N3O4. The van der Waals surface area contributed by atoms with Crippen molar-refractivity contribution in [3.05, 3.63) is 51.1 Å². The van der Waals surface area contributed by atoms with E-state index >= 15 is 0 Å². The first-order valence-electron chi connectivity index (χ1n) is 7.03. The highest BCUT2D eigenvalue weighted by Gasteiger charge is 2.20. The molecule has 23 heavy (non-hydrogen) atoms. The van der Waals surface area contributed by atoms with Crippen molar-refractivity contribution in [3.63, 3.8) is 0 Å². The lowest BCUT2D eigenvalue weighted by molar-refractivity contribution is 0.0599. The van der Waals surface area contributed by atoms with Crippen molar-refractivity contribution in [2.75, 3.05) is 12.8 Å². The Balaban J connectivity index is 2.74. The molecule has 1 heterocycles. The average molecular weight is 317 g/mol. The molecule has 2 aromatic rings. The number of carbonyl (C=O) groups excluding carboxylic acids is 1. The number of nitrogens with two attached hydrogens (primary N) is 1. The maximum absolute atomic E-state index is 12.6. The van der Waals surface area contributed by atoms with Crippen LogP contribution in [0.4, 0.5) is 5.82 Å². The molecule has 0 saturated heterocycles. The van der Waals surface area contributed by atoms with Crippen molar-refractivity contribution in [2.45, 2.75) is 26.9 Å². The Morgan fingerprint density at radius 1 is 1.35 bits per heavy atom. The smallest absolute Gasteiger partial charge is 0.347 e. The van der Waals surface area contributed by atoms with Gasteiger partial charge < -0.3 is 15.6 Å². The minimum absolute atomic E-state index is 0.172. The molecule has 3 N–H and O–H groups in total. The van der Waals surface area contributed by atoms with E-state index in [9.17, 15) is 14.7 Å². The Labute approximate surface area is 133 Å². The third-order valence-electron chi connectivity index (χ3n) is 3.63. The molecule has 1 aromatic heterocycles. The highest BCUT2D eigenvalue weighted by molar-refractivity contribution is 5.93. The van der Waals surface area contributed by atoms with Crippen molar-refractivity contribution in [2.24, 2.45) is 0 Å². The van der Waals surface area contributed by atoms with Gasteiger partial charge in [0, 0.05) is 0 Å². The van der Waals surface area contributed by atoms with Crippen molar-refractivity contribution < 1.29 is 14.6 Å². The molecule has 7 heteroatoms. The minimum atomic E-state index is -0.828. The topological polar surface area (TPSA) is 107 Å². The summed E-state index contributed by atoms with van der Waals surface area (Å²) in [5, 5.41) is 9.72. The molecule has 2 rings (SSSR count). The lowest BCUT2D eigenvalue weighted by atomic mass is 10.0. The molecule has 0 aliphatic rings. The fourth-order valence-corrected chi connectivity index (χ4v) is 2.53. The Bertz CT molecular complexity index is 802. The number of aliphatic hydroxyl groups excluding tert-OH is 1. The summed E-state index contributed by atoms with van der Waals surface area (Å²) < 4.78 is 5.86. The van der Waals surface area contributed by atoms with Crippen LogP contribution in [0.15, 0.2) is 23.3 Å². The third-order valence-corrected chi connectivity index (χ3v) is 3.63. The number of benzene rings is 1. The van der Waals surface area contributed by atoms with Gasteiger partial charge in [0.25, 0.3) is 5.56 Å². The number of rotatable bonds is 3. The molecule has 1 unspecified atom stereocenters. The predicted octanol–water partition coefficient (Wildman–Crippen LogP) is 1.27. The summed E-state index contributed by atoms with van der Waals surface area (Å²) in [6, 6.07) is 3.57. The van der Waals surface area contributed by atoms with Gasteiger partial charge in [0.15, 0.2) is 5.56 Å². The molecule has 0 radical (unpaired) electrons. The SMILES string of the molecule is COC(=O)c1c(N)ncn(-c2c(C)cc(C(C)O)cc2C)c1=O. The number of ether oxygens (including phenoxy) is 1. The predicted molar refractivity (Wildman–Crippen MR) is 85.7 cm³/mol. The zero-order chi connectivity index (χ0) is 17.3. The van der Waals surface area contributed by atoms with Crippen LogP contribution >= 0.6 is 0 Å². The lowest BCUT2D eigenvalue weighted by Crippen LogP contribution is -2.29. The van der Waals surface area contributed by atoms with Crippen molar-refractivity contribution in [3.8, 4) is 5.69 Å². The molecule has 7 nitrogen and oxygen atoms in total. The summed E-state index contributed by atoms with van der Waals surface area (Å²) in [5.74, 6) is -1.00. The van der Waals surface area contributed by atoms with Crippen molar-refractivity contribution in [1.82, 2.24) is 9.55 Å². The maximum Gasteiger partial charge on any atom is 0.347 e. The third kappa shape index (κ3) is 2.95. The number of hydrogen-bond donors (Lipinski definition) is 2. The van der Waals surface area contributed by atoms with Crippen LogP contribution < -0.4 is 11.3 Å². The van der Waals surface area contributed by atoms with Gasteiger partial charge >= 0.3 is 5.97 Å². The Kier molecular flexibility index (Phi) is 4.51. The zero-order valence-electron chi connectivity index (χ0n) is 13.5. The van der Waals surface area contributed by atoms with E-state index in [4.69, 9.17) is 5.73 Å². The van der Waals surface area contributed by atoms with Crippen molar-refractivity contribution in [1.29, 1.82) is 0 Å². The molecule has 0 aliphatic heterocycles. The second kappa shape index (κ2) is 6.21. The number of carbonyl (C=O) groups is 1. The van der Waals surface area contributed by atoms with E-state index in [2.05, 4.69) is 9.72 Å². The number of aromatic nitrogens is 2. The second-order valence-corrected chi connectivity index (χ2v) is 5.35. The molecule has 0 bridgehead atoms. The average Bonchev–Trinajstić information content (AvgIpc) is 2.48. The van der Waals surface area contributed by atoms with Crippen LogP contribution in [-0.2, 0) is 4.74 Å². The molecule has 1 atom stereocenters. The van der Waals surface area contributed by atoms with Crippen LogP contribution in [-0.4, -0.2) is 27.7 Å². The van der Waals surface area contributed by atoms with E-state index in [1.165, 1.54) is 18.0 Å². The number of aliphatic hydroxyl groups is 1. The van der Waals surface area contributed by atoms with Gasteiger partial charge in [0.1, 0.15) is 12.1 Å². The molecule has 0 amide bonds. The van der Waals surface area contributed by atoms with Crippen LogP contribution in [0.2, 0.25) is 0 Å². The number of anilines is 1. The monoisotopic (exact) mass is 317 g/mol. The van der Waals surface area contributed by atoms with E-state index in [1.807, 2.05) is 13.8 Å². The van der Waals surface area contributed by atoms with Crippen LogP contribution in [0.25, 0.3) is 5.69 Å². The standard InChI is InChI=1S/C16H19N3O4/c1-8-5-11(10(3)20)6-9(2)13(8)19-7-18-14(17)12(15(19)21)16(22)23-4/h5-7,10,20H,17H2,1-4H3. The van der Waals surface area contributed by atoms with Crippen LogP contribution in [0, 0.1) is 13.8 Å². The molecule has 1 aromatic carbocycles. The first-order valence-corrected chi connectivity index (χ1v) is 7.03. The quantitative estimate of drug-likeness (QED) is 0.826. The summed E-state index contributed by atoms with van der Waals surface area (Å²) in [4.78, 5) is 28.3. The van der Waals surface area contributed by atoms with E-state index in [0.717, 1.165) is 16.7 Å². The van der Waals surface area contributed by atoms with Crippen LogP contribution in [0.3, 0.4) is 0 Å². The van der Waals surface area contributed by atoms with Gasteiger partial charge in [-0.25, -0.2) is 9.78 Å². The second-order valence-electron chi connectivity index (χ2n) is 5.35. The fourth-order valence-electron chi connectivity index (χ4n) is 2.53.